The van der Waals surface area contributed by atoms with E-state index in [2.05, 4.69) is 10.6 Å². The predicted octanol–water partition coefficient (Wildman–Crippen LogP) is 1.06. The summed E-state index contributed by atoms with van der Waals surface area (Å²) in [7, 11) is 0. The number of barbiturate groups is 1. The molecule has 4 amide bonds. The lowest BCUT2D eigenvalue weighted by atomic mass is 9.74. The number of urea groups is 1. The number of amides is 4. The summed E-state index contributed by atoms with van der Waals surface area (Å²) in [5, 5.41) is 4.46. The minimum Gasteiger partial charge on any atom is -0.277 e. The molecule has 6 heteroatoms. The summed E-state index contributed by atoms with van der Waals surface area (Å²) in [6, 6.07) is 13.9. The van der Waals surface area contributed by atoms with E-state index in [0.717, 1.165) is 0 Å². The van der Waals surface area contributed by atoms with Crippen LogP contribution in [0.15, 0.2) is 60.9 Å². The molecule has 1 saturated heterocycles. The Kier molecular flexibility index (Phi) is 4.37. The predicted molar refractivity (Wildman–Crippen MR) is 85.7 cm³/mol. The van der Waals surface area contributed by atoms with Gasteiger partial charge in [0.05, 0.1) is 0 Å². The van der Waals surface area contributed by atoms with Crippen LogP contribution in [0.3, 0.4) is 0 Å². The molecule has 6 nitrogen and oxygen atoms in total. The van der Waals surface area contributed by atoms with Crippen molar-refractivity contribution >= 4 is 17.8 Å². The summed E-state index contributed by atoms with van der Waals surface area (Å²) >= 11 is 0. The fourth-order valence-corrected chi connectivity index (χ4v) is 3.02. The Balaban J connectivity index is 1.87. The number of nitrogens with zero attached hydrogens (tertiary/aromatic N) is 1. The number of hydrogen-bond donors (Lipinski definition) is 2. The monoisotopic (exact) mass is 324 g/mol. The van der Waals surface area contributed by atoms with Crippen molar-refractivity contribution in [3.05, 3.63) is 66.5 Å². The largest absolute Gasteiger partial charge is 0.328 e. The highest BCUT2D eigenvalue weighted by Gasteiger charge is 2.51. The first-order valence-electron chi connectivity index (χ1n) is 7.79. The maximum atomic E-state index is 12.6. The van der Waals surface area contributed by atoms with Crippen molar-refractivity contribution in [2.45, 2.75) is 24.8 Å². The van der Waals surface area contributed by atoms with Gasteiger partial charge in [0.25, 0.3) is 0 Å². The Labute approximate surface area is 139 Å². The van der Waals surface area contributed by atoms with Crippen LogP contribution in [0.25, 0.3) is 0 Å². The van der Waals surface area contributed by atoms with Crippen molar-refractivity contribution in [1.82, 2.24) is 10.6 Å². The second kappa shape index (κ2) is 6.62. The molecule has 2 heterocycles. The van der Waals surface area contributed by atoms with E-state index < -0.39 is 23.3 Å². The van der Waals surface area contributed by atoms with E-state index in [0.29, 0.717) is 24.9 Å². The highest BCUT2D eigenvalue weighted by atomic mass is 16.2. The number of carbonyl (C=O) groups excluding carboxylic acids is 3. The molecule has 24 heavy (non-hydrogen) atoms. The molecule has 2 aromatic rings. The van der Waals surface area contributed by atoms with Crippen LogP contribution in [-0.2, 0) is 21.5 Å². The molecule has 0 unspecified atom stereocenters. The highest BCUT2D eigenvalue weighted by Crippen LogP contribution is 2.32. The van der Waals surface area contributed by atoms with Crippen LogP contribution < -0.4 is 15.2 Å². The molecule has 122 valence electrons. The van der Waals surface area contributed by atoms with Gasteiger partial charge >= 0.3 is 6.03 Å². The van der Waals surface area contributed by atoms with E-state index in [1.807, 2.05) is 41.2 Å². The third-order valence-corrected chi connectivity index (χ3v) is 4.24. The number of hydrogen-bond acceptors (Lipinski definition) is 3. The molecule has 0 bridgehead atoms. The number of nitrogens with one attached hydrogen (secondary N) is 2. The summed E-state index contributed by atoms with van der Waals surface area (Å²) in [6.45, 7) is 0.671. The quantitative estimate of drug-likeness (QED) is 0.637. The van der Waals surface area contributed by atoms with Crippen molar-refractivity contribution in [3.63, 3.8) is 0 Å². The topological polar surface area (TPSA) is 79.2 Å². The first kappa shape index (κ1) is 15.9. The van der Waals surface area contributed by atoms with Crippen LogP contribution >= 0.6 is 0 Å². The van der Waals surface area contributed by atoms with Crippen molar-refractivity contribution in [3.8, 4) is 0 Å². The number of rotatable bonds is 5. The third-order valence-electron chi connectivity index (χ3n) is 4.24. The van der Waals surface area contributed by atoms with Gasteiger partial charge in [0.1, 0.15) is 6.54 Å². The fraction of sp³-hybridized carbons (Fsp3) is 0.222. The summed E-state index contributed by atoms with van der Waals surface area (Å²) in [5.74, 6) is -1.14. The molecule has 0 saturated carbocycles. The van der Waals surface area contributed by atoms with E-state index in [1.165, 1.54) is 0 Å². The molecule has 0 radical (unpaired) electrons. The molecule has 0 aliphatic carbocycles. The first-order chi connectivity index (χ1) is 11.6. The van der Waals surface area contributed by atoms with Crippen LogP contribution in [-0.4, -0.2) is 17.8 Å². The van der Waals surface area contributed by atoms with Crippen LogP contribution in [0, 0.1) is 0 Å². The second-order valence-electron chi connectivity index (χ2n) is 5.73. The van der Waals surface area contributed by atoms with Crippen molar-refractivity contribution in [2.24, 2.45) is 0 Å². The second-order valence-corrected chi connectivity index (χ2v) is 5.73. The van der Waals surface area contributed by atoms with Gasteiger partial charge in [-0.25, -0.2) is 9.36 Å². The number of aromatic nitrogens is 1. The number of imide groups is 2. The lowest BCUT2D eigenvalue weighted by molar-refractivity contribution is -0.697. The van der Waals surface area contributed by atoms with Gasteiger partial charge < -0.3 is 0 Å². The summed E-state index contributed by atoms with van der Waals surface area (Å²) in [5.41, 5.74) is -0.796. The number of benzene rings is 1. The SMILES string of the molecule is O=C1NC(=O)C(CCC[n+]2ccccc2)(c2ccccc2)C(=O)N1. The van der Waals surface area contributed by atoms with Crippen molar-refractivity contribution < 1.29 is 19.0 Å². The number of pyridine rings is 1. The summed E-state index contributed by atoms with van der Waals surface area (Å²) in [6.07, 6.45) is 4.78. The van der Waals surface area contributed by atoms with E-state index in [4.69, 9.17) is 0 Å². The van der Waals surface area contributed by atoms with Crippen molar-refractivity contribution in [1.29, 1.82) is 0 Å². The average molecular weight is 324 g/mol. The maximum Gasteiger partial charge on any atom is 0.328 e. The van der Waals surface area contributed by atoms with E-state index in [-0.39, 0.29) is 0 Å². The molecule has 1 aliphatic rings. The van der Waals surface area contributed by atoms with Crippen LogP contribution in [0.5, 0.6) is 0 Å². The molecule has 3 rings (SSSR count). The standard InChI is InChI=1S/C18H17N3O3/c22-15-18(14-8-3-1-4-9-14,16(23)20-17(24)19-15)10-7-13-21-11-5-2-6-12-21/h1-6,8-9,11-12H,7,10,13H2,(H-,19,20,22,23,24)/p+1. The lowest BCUT2D eigenvalue weighted by Gasteiger charge is -2.34. The smallest absolute Gasteiger partial charge is 0.277 e. The molecule has 1 aliphatic heterocycles. The molecule has 0 spiro atoms. The van der Waals surface area contributed by atoms with Gasteiger partial charge in [-0.3, -0.25) is 20.2 Å². The van der Waals surface area contributed by atoms with Gasteiger partial charge in [-0.2, -0.15) is 0 Å². The molecule has 1 aromatic heterocycles. The Morgan fingerprint density at radius 1 is 0.833 bits per heavy atom. The highest BCUT2D eigenvalue weighted by molar-refractivity contribution is 6.22. The molecular formula is C18H18N3O3+. The van der Waals surface area contributed by atoms with E-state index in [9.17, 15) is 14.4 Å². The summed E-state index contributed by atoms with van der Waals surface area (Å²) in [4.78, 5) is 36.6. The van der Waals surface area contributed by atoms with E-state index in [1.54, 1.807) is 24.3 Å². The Morgan fingerprint density at radius 2 is 1.42 bits per heavy atom. The average Bonchev–Trinajstić information content (AvgIpc) is 2.59. The minimum absolute atomic E-state index is 0.309. The van der Waals surface area contributed by atoms with Gasteiger partial charge in [0.15, 0.2) is 17.8 Å². The van der Waals surface area contributed by atoms with Gasteiger partial charge in [-0.05, 0) is 12.0 Å². The molecule has 2 N–H and O–H groups in total. The van der Waals surface area contributed by atoms with Gasteiger partial charge in [-0.15, -0.1) is 0 Å². The lowest BCUT2D eigenvalue weighted by Crippen LogP contribution is -2.64. The number of aryl methyl sites for hydroxylation is 1. The minimum atomic E-state index is -1.38. The van der Waals surface area contributed by atoms with Crippen LogP contribution in [0.2, 0.25) is 0 Å². The molecule has 1 aromatic carbocycles. The maximum absolute atomic E-state index is 12.6. The Hall–Kier alpha value is -3.02. The Bertz CT molecular complexity index is 740. The Morgan fingerprint density at radius 3 is 2.04 bits per heavy atom. The molecule has 1 fully saturated rings. The van der Waals surface area contributed by atoms with Gasteiger partial charge in [0.2, 0.25) is 11.8 Å². The number of carbonyl (C=O) groups is 3. The normalized spacial score (nSPS) is 16.4. The van der Waals surface area contributed by atoms with Crippen LogP contribution in [0.1, 0.15) is 18.4 Å². The van der Waals surface area contributed by atoms with E-state index >= 15 is 0 Å². The van der Waals surface area contributed by atoms with Gasteiger partial charge in [0, 0.05) is 18.6 Å². The van der Waals surface area contributed by atoms with Crippen molar-refractivity contribution in [2.75, 3.05) is 0 Å². The fourth-order valence-electron chi connectivity index (χ4n) is 3.02. The first-order valence-corrected chi connectivity index (χ1v) is 7.79. The zero-order valence-electron chi connectivity index (χ0n) is 13.1. The summed E-state index contributed by atoms with van der Waals surface area (Å²) < 4.78 is 1.99. The zero-order chi connectivity index (χ0) is 17.0. The zero-order valence-corrected chi connectivity index (χ0v) is 13.1. The molecular weight excluding hydrogens is 306 g/mol. The van der Waals surface area contributed by atoms with Crippen LogP contribution in [0.4, 0.5) is 4.79 Å². The van der Waals surface area contributed by atoms with Gasteiger partial charge in [-0.1, -0.05) is 36.4 Å². The third kappa shape index (κ3) is 2.90. The molecule has 0 atom stereocenters.